The highest BCUT2D eigenvalue weighted by Crippen LogP contribution is 2.53. The molecule has 1 nitrogen and oxygen atoms in total. The predicted octanol–water partition coefficient (Wildman–Crippen LogP) is 8.39. The first-order chi connectivity index (χ1) is 14.8. The van der Waals surface area contributed by atoms with Gasteiger partial charge in [0.25, 0.3) is 0 Å². The molecule has 0 aromatic rings. The maximum absolute atomic E-state index is 15.3. The first kappa shape index (κ1) is 24.4. The number of likely N-dealkylation sites (N-methyl/N-ethyl adjacent to an activating group) is 1. The molecule has 4 aliphatic carbocycles. The average Bonchev–Trinajstić information content (AvgIpc) is 3.16. The molecule has 1 fully saturated rings. The third-order valence-electron chi connectivity index (χ3n) is 8.92. The van der Waals surface area contributed by atoms with Crippen LogP contribution in [0.15, 0.2) is 41.3 Å². The number of rotatable bonds is 9. The van der Waals surface area contributed by atoms with Crippen LogP contribution in [0.25, 0.3) is 0 Å². The molecule has 0 saturated heterocycles. The van der Waals surface area contributed by atoms with Crippen molar-refractivity contribution in [3.8, 4) is 0 Å². The van der Waals surface area contributed by atoms with Crippen LogP contribution in [-0.2, 0) is 0 Å². The fourth-order valence-electron chi connectivity index (χ4n) is 6.54. The van der Waals surface area contributed by atoms with E-state index < -0.39 is 6.17 Å². The number of allylic oxidation sites excluding steroid dienone is 3. The Hall–Kier alpha value is -1.27. The Morgan fingerprint density at radius 1 is 1.26 bits per heavy atom. The number of unbranched alkanes of at least 4 members (excludes halogenated alkanes) is 1. The van der Waals surface area contributed by atoms with Crippen molar-refractivity contribution in [2.75, 3.05) is 13.6 Å². The van der Waals surface area contributed by atoms with E-state index in [-0.39, 0.29) is 10.8 Å². The molecule has 5 unspecified atom stereocenters. The van der Waals surface area contributed by atoms with Crippen LogP contribution < -0.4 is 0 Å². The summed E-state index contributed by atoms with van der Waals surface area (Å²) in [5.41, 5.74) is 7.91. The van der Waals surface area contributed by atoms with Gasteiger partial charge in [-0.2, -0.15) is 0 Å². The highest BCUT2D eigenvalue weighted by molar-refractivity contribution is 5.39. The van der Waals surface area contributed by atoms with Gasteiger partial charge in [0.2, 0.25) is 0 Å². The van der Waals surface area contributed by atoms with Crippen LogP contribution in [0.3, 0.4) is 0 Å². The zero-order valence-electron chi connectivity index (χ0n) is 20.9. The molecular weight excluding hydrogens is 381 g/mol. The summed E-state index contributed by atoms with van der Waals surface area (Å²) in [4.78, 5) is 2.46. The Kier molecular flexibility index (Phi) is 7.95. The van der Waals surface area contributed by atoms with Crippen LogP contribution in [-0.4, -0.2) is 24.7 Å². The Morgan fingerprint density at radius 3 is 2.68 bits per heavy atom. The van der Waals surface area contributed by atoms with Crippen molar-refractivity contribution in [2.45, 2.75) is 104 Å². The SMILES string of the molecule is C=CC1(CCCC)CC(C)(CC)C(F)CCC1CN(C)C1=C=C2CCCC1=CC2CC. The topological polar surface area (TPSA) is 3.24 Å². The largest absolute Gasteiger partial charge is 0.368 e. The van der Waals surface area contributed by atoms with Crippen LogP contribution >= 0.6 is 0 Å². The summed E-state index contributed by atoms with van der Waals surface area (Å²) in [7, 11) is 2.25. The number of fused-ring (bicyclic) bond motifs is 3. The lowest BCUT2D eigenvalue weighted by Crippen LogP contribution is -2.40. The quantitative estimate of drug-likeness (QED) is 0.203. The zero-order chi connectivity index (χ0) is 22.6. The summed E-state index contributed by atoms with van der Waals surface area (Å²) in [5.74, 6) is 1.03. The van der Waals surface area contributed by atoms with Gasteiger partial charge in [-0.1, -0.05) is 58.4 Å². The summed E-state index contributed by atoms with van der Waals surface area (Å²) in [6, 6.07) is 0. The van der Waals surface area contributed by atoms with E-state index in [1.54, 1.807) is 0 Å². The van der Waals surface area contributed by atoms with Gasteiger partial charge in [-0.3, -0.25) is 0 Å². The second kappa shape index (κ2) is 10.1. The smallest absolute Gasteiger partial charge is 0.105 e. The molecule has 0 radical (unpaired) electrons. The average molecular weight is 428 g/mol. The molecule has 0 aromatic heterocycles. The van der Waals surface area contributed by atoms with Gasteiger partial charge in [0, 0.05) is 19.5 Å². The van der Waals surface area contributed by atoms with Gasteiger partial charge in [-0.25, -0.2) is 4.39 Å². The molecule has 0 aliphatic heterocycles. The molecule has 0 spiro atoms. The van der Waals surface area contributed by atoms with E-state index >= 15 is 4.39 Å². The van der Waals surface area contributed by atoms with Gasteiger partial charge in [-0.05, 0) is 85.7 Å². The van der Waals surface area contributed by atoms with Crippen molar-refractivity contribution in [1.29, 1.82) is 0 Å². The molecule has 31 heavy (non-hydrogen) atoms. The maximum Gasteiger partial charge on any atom is 0.105 e. The van der Waals surface area contributed by atoms with Gasteiger partial charge < -0.3 is 4.90 Å². The van der Waals surface area contributed by atoms with Crippen LogP contribution in [0.4, 0.5) is 4.39 Å². The Balaban J connectivity index is 1.91. The molecule has 0 amide bonds. The van der Waals surface area contributed by atoms with Crippen LogP contribution in [0.2, 0.25) is 0 Å². The third-order valence-corrected chi connectivity index (χ3v) is 8.92. The second-order valence-corrected chi connectivity index (χ2v) is 10.9. The van der Waals surface area contributed by atoms with E-state index in [0.29, 0.717) is 18.3 Å². The highest BCUT2D eigenvalue weighted by Gasteiger charge is 2.48. The van der Waals surface area contributed by atoms with Gasteiger partial charge in [0.15, 0.2) is 0 Å². The molecule has 174 valence electrons. The van der Waals surface area contributed by atoms with E-state index in [9.17, 15) is 0 Å². The lowest BCUT2D eigenvalue weighted by Gasteiger charge is -2.44. The summed E-state index contributed by atoms with van der Waals surface area (Å²) in [6.45, 7) is 14.2. The van der Waals surface area contributed by atoms with Crippen molar-refractivity contribution in [1.82, 2.24) is 4.90 Å². The van der Waals surface area contributed by atoms with Crippen molar-refractivity contribution < 1.29 is 4.39 Å². The molecule has 0 heterocycles. The van der Waals surface area contributed by atoms with Crippen molar-refractivity contribution >= 4 is 0 Å². The normalized spacial score (nSPS) is 35.5. The third kappa shape index (κ3) is 4.90. The molecule has 4 aliphatic rings. The van der Waals surface area contributed by atoms with Gasteiger partial charge in [0.1, 0.15) is 6.17 Å². The maximum atomic E-state index is 15.3. The summed E-state index contributed by atoms with van der Waals surface area (Å²) in [6.07, 6.45) is 15.8. The van der Waals surface area contributed by atoms with E-state index in [1.807, 2.05) is 0 Å². The fraction of sp³-hybridized carbons (Fsp3) is 0.759. The monoisotopic (exact) mass is 427 g/mol. The number of hydrogen-bond acceptors (Lipinski definition) is 1. The molecule has 4 rings (SSSR count). The number of halogens is 1. The van der Waals surface area contributed by atoms with Crippen LogP contribution in [0.5, 0.6) is 0 Å². The van der Waals surface area contributed by atoms with Gasteiger partial charge in [-0.15, -0.1) is 6.58 Å². The van der Waals surface area contributed by atoms with Crippen LogP contribution in [0, 0.1) is 22.7 Å². The predicted molar refractivity (Wildman–Crippen MR) is 132 cm³/mol. The minimum atomic E-state index is -0.711. The Bertz CT molecular complexity index is 742. The molecule has 0 aromatic carbocycles. The minimum absolute atomic E-state index is 0.0215. The fourth-order valence-corrected chi connectivity index (χ4v) is 6.54. The first-order valence-corrected chi connectivity index (χ1v) is 13.0. The molecular formula is C29H46FN. The van der Waals surface area contributed by atoms with Gasteiger partial charge in [0.05, 0.1) is 5.70 Å². The molecule has 1 saturated carbocycles. The first-order valence-electron chi connectivity index (χ1n) is 13.0. The summed E-state index contributed by atoms with van der Waals surface area (Å²) >= 11 is 0. The standard InChI is InChI=1S/C29H46FN/c1-7-11-17-29(10-4)21-28(5,9-3)27(30)16-15-25(29)20-31(6)26-19-23-13-12-14-24(26)18-22(23)8-2/h10,18,22,25,27H,4,7-9,11-17,20-21H2,1-3,5-6H3. The minimum Gasteiger partial charge on any atom is -0.368 e. The Labute approximate surface area is 191 Å². The van der Waals surface area contributed by atoms with Crippen molar-refractivity contribution in [3.05, 3.63) is 41.3 Å². The van der Waals surface area contributed by atoms with E-state index in [0.717, 1.165) is 32.2 Å². The molecule has 2 bridgehead atoms. The van der Waals surface area contributed by atoms with Crippen molar-refractivity contribution in [3.63, 3.8) is 0 Å². The molecule has 2 heteroatoms. The molecule has 0 N–H and O–H groups in total. The Morgan fingerprint density at radius 2 is 2.03 bits per heavy atom. The number of hydrogen-bond donors (Lipinski definition) is 0. The van der Waals surface area contributed by atoms with E-state index in [4.69, 9.17) is 0 Å². The van der Waals surface area contributed by atoms with E-state index in [2.05, 4.69) is 64.1 Å². The number of nitrogens with zero attached hydrogens (tertiary/aromatic N) is 1. The van der Waals surface area contributed by atoms with Gasteiger partial charge >= 0.3 is 0 Å². The zero-order valence-corrected chi connectivity index (χ0v) is 20.9. The van der Waals surface area contributed by atoms with Crippen LogP contribution in [0.1, 0.15) is 98.3 Å². The lowest BCUT2D eigenvalue weighted by atomic mass is 9.63. The summed E-state index contributed by atoms with van der Waals surface area (Å²) in [5, 5.41) is 0. The lowest BCUT2D eigenvalue weighted by molar-refractivity contribution is 0.0629. The molecule has 5 atom stereocenters. The summed E-state index contributed by atoms with van der Waals surface area (Å²) < 4.78 is 15.3. The highest BCUT2D eigenvalue weighted by atomic mass is 19.1. The van der Waals surface area contributed by atoms with Crippen molar-refractivity contribution in [2.24, 2.45) is 22.7 Å². The second-order valence-electron chi connectivity index (χ2n) is 10.9. The van der Waals surface area contributed by atoms with E-state index in [1.165, 1.54) is 55.4 Å². The number of alkyl halides is 1.